The second kappa shape index (κ2) is 2.06. The fourth-order valence-corrected chi connectivity index (χ4v) is 0.142. The molecule has 0 aliphatic carbocycles. The van der Waals surface area contributed by atoms with Crippen LogP contribution in [-0.4, -0.2) is 11.0 Å². The average molecular weight is 117 g/mol. The van der Waals surface area contributed by atoms with E-state index in [4.69, 9.17) is 16.6 Å². The molecule has 0 unspecified atom stereocenters. The van der Waals surface area contributed by atoms with Crippen LogP contribution in [0.2, 0.25) is 0 Å². The molecule has 5 nitrogen and oxygen atoms in total. The van der Waals surface area contributed by atoms with E-state index in [0.29, 0.717) is 0 Å². The van der Waals surface area contributed by atoms with Gasteiger partial charge in [0.2, 0.25) is 5.76 Å². The summed E-state index contributed by atoms with van der Waals surface area (Å²) >= 11 is 0. The molecule has 46 valence electrons. The van der Waals surface area contributed by atoms with Crippen molar-refractivity contribution in [3.63, 3.8) is 0 Å². The van der Waals surface area contributed by atoms with Crippen LogP contribution in [0.3, 0.4) is 0 Å². The minimum atomic E-state index is -1.02. The van der Waals surface area contributed by atoms with Gasteiger partial charge in [-0.05, 0) is 0 Å². The maximum atomic E-state index is 9.90. The fourth-order valence-electron chi connectivity index (χ4n) is 0.142. The van der Waals surface area contributed by atoms with Gasteiger partial charge in [0, 0.05) is 0 Å². The molecule has 0 fully saturated rings. The van der Waals surface area contributed by atoms with E-state index >= 15 is 0 Å². The van der Waals surface area contributed by atoms with E-state index in [1.165, 1.54) is 0 Å². The summed E-state index contributed by atoms with van der Waals surface area (Å²) in [5.41, 5.74) is 14.0. The van der Waals surface area contributed by atoms with E-state index in [1.807, 2.05) is 0 Å². The second-order valence-corrected chi connectivity index (χ2v) is 1.17. The number of primary amides is 1. The lowest BCUT2D eigenvalue weighted by Crippen LogP contribution is -2.22. The molecule has 0 spiro atoms. The van der Waals surface area contributed by atoms with Crippen LogP contribution in [0, 0.1) is 0 Å². The highest BCUT2D eigenvalue weighted by molar-refractivity contribution is 5.89. The van der Waals surface area contributed by atoms with Crippen LogP contribution in [-0.2, 0) is 4.79 Å². The van der Waals surface area contributed by atoms with Crippen molar-refractivity contribution in [3.8, 4) is 0 Å². The van der Waals surface area contributed by atoms with Gasteiger partial charge in [0.15, 0.2) is 0 Å². The van der Waals surface area contributed by atoms with E-state index in [1.54, 1.807) is 0 Å². The molecule has 0 aliphatic heterocycles. The van der Waals surface area contributed by atoms with Gasteiger partial charge < -0.3 is 22.3 Å². The van der Waals surface area contributed by atoms with Crippen molar-refractivity contribution in [2.24, 2.45) is 17.2 Å². The fraction of sp³-hybridized carbons (Fsp3) is 0. The lowest BCUT2D eigenvalue weighted by atomic mass is 10.5. The molecule has 0 rings (SSSR count). The summed E-state index contributed by atoms with van der Waals surface area (Å²) < 4.78 is 0. The lowest BCUT2D eigenvalue weighted by molar-refractivity contribution is -0.117. The van der Waals surface area contributed by atoms with E-state index in [2.05, 4.69) is 5.73 Å². The van der Waals surface area contributed by atoms with Gasteiger partial charge in [-0.25, -0.2) is 0 Å². The second-order valence-electron chi connectivity index (χ2n) is 1.17. The van der Waals surface area contributed by atoms with Crippen LogP contribution in [0.5, 0.6) is 0 Å². The molecule has 0 aromatic carbocycles. The molecule has 0 aromatic rings. The summed E-state index contributed by atoms with van der Waals surface area (Å²) in [4.78, 5) is 9.90. The normalized spacial score (nSPS) is 8.00. The summed E-state index contributed by atoms with van der Waals surface area (Å²) in [6.07, 6.45) is 0. The first kappa shape index (κ1) is 6.61. The van der Waals surface area contributed by atoms with Gasteiger partial charge in [0.25, 0.3) is 5.91 Å². The quantitative estimate of drug-likeness (QED) is 0.237. The molecule has 0 saturated carbocycles. The molecule has 0 heterocycles. The first-order valence-electron chi connectivity index (χ1n) is 1.79. The monoisotopic (exact) mass is 117 g/mol. The van der Waals surface area contributed by atoms with Crippen LogP contribution < -0.4 is 17.2 Å². The minimum absolute atomic E-state index is 0.461. The highest BCUT2D eigenvalue weighted by atomic mass is 16.3. The van der Waals surface area contributed by atoms with Gasteiger partial charge in [-0.2, -0.15) is 0 Å². The standard InChI is InChI=1S/C3H7N3O2/c4-2(5)1(7)3(6)8/h7H,4-5H2,(H2,6,8). The topological polar surface area (TPSA) is 115 Å². The number of hydrogen-bond donors (Lipinski definition) is 4. The molecule has 0 atom stereocenters. The number of rotatable bonds is 1. The van der Waals surface area contributed by atoms with Crippen molar-refractivity contribution >= 4 is 5.91 Å². The Morgan fingerprint density at radius 3 is 1.62 bits per heavy atom. The molecule has 0 aliphatic rings. The molecule has 0 saturated heterocycles. The van der Waals surface area contributed by atoms with Gasteiger partial charge in [-0.1, -0.05) is 0 Å². The molecule has 8 heavy (non-hydrogen) atoms. The number of amides is 1. The SMILES string of the molecule is NC(=O)C(O)=C(N)N. The maximum absolute atomic E-state index is 9.90. The van der Waals surface area contributed by atoms with Crippen LogP contribution >= 0.6 is 0 Å². The molecular formula is C3H7N3O2. The van der Waals surface area contributed by atoms with Crippen molar-refractivity contribution < 1.29 is 9.90 Å². The predicted molar refractivity (Wildman–Crippen MR) is 27.2 cm³/mol. The smallest absolute Gasteiger partial charge is 0.287 e. The van der Waals surface area contributed by atoms with Crippen LogP contribution in [0.25, 0.3) is 0 Å². The zero-order chi connectivity index (χ0) is 6.73. The third-order valence-corrected chi connectivity index (χ3v) is 0.507. The van der Waals surface area contributed by atoms with Gasteiger partial charge in [-0.15, -0.1) is 0 Å². The third-order valence-electron chi connectivity index (χ3n) is 0.507. The molecule has 0 bridgehead atoms. The highest BCUT2D eigenvalue weighted by Gasteiger charge is 2.02. The van der Waals surface area contributed by atoms with Crippen molar-refractivity contribution in [2.75, 3.05) is 0 Å². The van der Waals surface area contributed by atoms with E-state index in [0.717, 1.165) is 0 Å². The summed E-state index contributed by atoms with van der Waals surface area (Å²) in [5.74, 6) is -2.27. The largest absolute Gasteiger partial charge is 0.501 e. The summed E-state index contributed by atoms with van der Waals surface area (Å²) in [6.45, 7) is 0. The Bertz CT molecular complexity index is 135. The number of aliphatic hydroxyl groups excluding tert-OH is 1. The Morgan fingerprint density at radius 2 is 1.62 bits per heavy atom. The number of hydrogen-bond acceptors (Lipinski definition) is 4. The van der Waals surface area contributed by atoms with Crippen molar-refractivity contribution in [2.45, 2.75) is 0 Å². The number of carbonyl (C=O) groups is 1. The van der Waals surface area contributed by atoms with Crippen LogP contribution in [0.1, 0.15) is 0 Å². The maximum Gasteiger partial charge on any atom is 0.287 e. The number of nitrogens with two attached hydrogens (primary N) is 3. The Labute approximate surface area is 45.8 Å². The van der Waals surface area contributed by atoms with E-state index in [-0.39, 0.29) is 0 Å². The van der Waals surface area contributed by atoms with Gasteiger partial charge in [-0.3, -0.25) is 4.79 Å². The number of carbonyl (C=O) groups excluding carboxylic acids is 1. The van der Waals surface area contributed by atoms with Gasteiger partial charge in [0.05, 0.1) is 0 Å². The van der Waals surface area contributed by atoms with Crippen LogP contribution in [0.15, 0.2) is 11.6 Å². The van der Waals surface area contributed by atoms with Crippen molar-refractivity contribution in [3.05, 3.63) is 11.6 Å². The Morgan fingerprint density at radius 1 is 1.25 bits per heavy atom. The predicted octanol–water partition coefficient (Wildman–Crippen LogP) is -1.88. The summed E-state index contributed by atoms with van der Waals surface area (Å²) in [7, 11) is 0. The van der Waals surface area contributed by atoms with Crippen molar-refractivity contribution in [1.82, 2.24) is 0 Å². The molecule has 5 heteroatoms. The Kier molecular flexibility index (Phi) is 1.70. The molecular weight excluding hydrogens is 110 g/mol. The van der Waals surface area contributed by atoms with Crippen molar-refractivity contribution in [1.29, 1.82) is 0 Å². The third kappa shape index (κ3) is 1.38. The highest BCUT2D eigenvalue weighted by Crippen LogP contribution is 1.82. The first-order chi connectivity index (χ1) is 3.55. The molecule has 0 aromatic heterocycles. The first-order valence-corrected chi connectivity index (χ1v) is 1.79. The molecule has 1 amide bonds. The molecule has 7 N–H and O–H groups in total. The Hall–Kier alpha value is -1.39. The zero-order valence-electron chi connectivity index (χ0n) is 4.09. The average Bonchev–Trinajstić information content (AvgIpc) is 1.64. The summed E-state index contributed by atoms with van der Waals surface area (Å²) in [5, 5.41) is 8.36. The Balaban J connectivity index is 4.23. The summed E-state index contributed by atoms with van der Waals surface area (Å²) in [6, 6.07) is 0. The number of aliphatic hydroxyl groups is 1. The van der Waals surface area contributed by atoms with Crippen LogP contribution in [0.4, 0.5) is 0 Å². The minimum Gasteiger partial charge on any atom is -0.501 e. The van der Waals surface area contributed by atoms with Gasteiger partial charge in [0.1, 0.15) is 5.82 Å². The zero-order valence-corrected chi connectivity index (χ0v) is 4.09. The van der Waals surface area contributed by atoms with E-state index in [9.17, 15) is 4.79 Å². The van der Waals surface area contributed by atoms with E-state index < -0.39 is 17.5 Å². The lowest BCUT2D eigenvalue weighted by Gasteiger charge is -1.92. The van der Waals surface area contributed by atoms with Gasteiger partial charge >= 0.3 is 0 Å². The molecule has 0 radical (unpaired) electrons.